The molecule has 2 nitrogen and oxygen atoms in total. The minimum absolute atomic E-state index is 0.775. The first-order valence-electron chi connectivity index (χ1n) is 4.02. The lowest BCUT2D eigenvalue weighted by molar-refractivity contribution is 0.983. The molecule has 0 aliphatic heterocycles. The maximum atomic E-state index is 5.77. The third kappa shape index (κ3) is 1.21. The zero-order valence-corrected chi connectivity index (χ0v) is 8.14. The molecule has 0 radical (unpaired) electrons. The van der Waals surface area contributed by atoms with E-state index < -0.39 is 0 Å². The summed E-state index contributed by atoms with van der Waals surface area (Å²) in [5.74, 6) is 0.775. The largest absolute Gasteiger partial charge is 0.385 e. The van der Waals surface area contributed by atoms with Crippen molar-refractivity contribution in [3.63, 3.8) is 0 Å². The van der Waals surface area contributed by atoms with Gasteiger partial charge in [0.1, 0.15) is 5.82 Å². The Balaban J connectivity index is 2.79. The van der Waals surface area contributed by atoms with Gasteiger partial charge in [0.05, 0.1) is 0 Å². The maximum Gasteiger partial charge on any atom is 0.104 e. The minimum Gasteiger partial charge on any atom is -0.385 e. The van der Waals surface area contributed by atoms with Crippen LogP contribution in [0.3, 0.4) is 0 Å². The molecule has 0 amide bonds. The number of aromatic nitrogens is 1. The fourth-order valence-corrected chi connectivity index (χ4v) is 1.61. The van der Waals surface area contributed by atoms with Crippen LogP contribution in [0.25, 0.3) is 10.9 Å². The van der Waals surface area contributed by atoms with E-state index in [1.165, 1.54) is 0 Å². The van der Waals surface area contributed by atoms with E-state index in [4.69, 9.17) is 18.0 Å². The van der Waals surface area contributed by atoms with Crippen LogP contribution in [0.15, 0.2) is 24.3 Å². The summed E-state index contributed by atoms with van der Waals surface area (Å²) in [5.41, 5.74) is 7.96. The van der Waals surface area contributed by atoms with Crippen molar-refractivity contribution >= 4 is 34.3 Å². The van der Waals surface area contributed by atoms with E-state index in [2.05, 4.69) is 0 Å². The first-order chi connectivity index (χ1) is 6.22. The second kappa shape index (κ2) is 2.85. The van der Waals surface area contributed by atoms with Crippen molar-refractivity contribution in [3.05, 3.63) is 29.8 Å². The number of rotatable bonds is 1. The molecule has 0 saturated carbocycles. The van der Waals surface area contributed by atoms with Gasteiger partial charge in [-0.2, -0.15) is 0 Å². The van der Waals surface area contributed by atoms with Crippen molar-refractivity contribution in [2.24, 2.45) is 7.05 Å². The molecule has 3 heteroatoms. The summed E-state index contributed by atoms with van der Waals surface area (Å²) in [7, 11) is 1.95. The van der Waals surface area contributed by atoms with Crippen LogP contribution in [0.5, 0.6) is 0 Å². The Morgan fingerprint density at radius 1 is 1.38 bits per heavy atom. The van der Waals surface area contributed by atoms with Crippen molar-refractivity contribution in [2.45, 2.75) is 0 Å². The Bertz CT molecular complexity index is 471. The lowest BCUT2D eigenvalue weighted by Gasteiger charge is -1.98. The topological polar surface area (TPSA) is 30.9 Å². The van der Waals surface area contributed by atoms with E-state index >= 15 is 0 Å². The number of nitrogen functional groups attached to an aromatic ring is 1. The number of anilines is 1. The lowest BCUT2D eigenvalue weighted by atomic mass is 10.2. The number of nitrogens with two attached hydrogens (primary N) is 1. The lowest BCUT2D eigenvalue weighted by Crippen LogP contribution is -1.94. The van der Waals surface area contributed by atoms with E-state index in [9.17, 15) is 0 Å². The first-order valence-corrected chi connectivity index (χ1v) is 4.49. The zero-order chi connectivity index (χ0) is 9.42. The van der Waals surface area contributed by atoms with Gasteiger partial charge in [0, 0.05) is 23.3 Å². The summed E-state index contributed by atoms with van der Waals surface area (Å²) in [4.78, 5) is 0. The Morgan fingerprint density at radius 3 is 2.85 bits per heavy atom. The van der Waals surface area contributed by atoms with Crippen LogP contribution in [0.1, 0.15) is 5.56 Å². The summed E-state index contributed by atoms with van der Waals surface area (Å²) < 4.78 is 1.96. The van der Waals surface area contributed by atoms with Crippen LogP contribution in [0.2, 0.25) is 0 Å². The minimum atomic E-state index is 0.775. The summed E-state index contributed by atoms with van der Waals surface area (Å²) in [6.45, 7) is 0. The highest BCUT2D eigenvalue weighted by molar-refractivity contribution is 7.79. The van der Waals surface area contributed by atoms with E-state index in [0.717, 1.165) is 22.3 Å². The molecule has 0 fully saturated rings. The normalized spacial score (nSPS) is 10.5. The summed E-state index contributed by atoms with van der Waals surface area (Å²) in [5, 5.41) is 2.81. The van der Waals surface area contributed by atoms with Crippen molar-refractivity contribution < 1.29 is 0 Å². The molecular weight excluding hydrogens is 180 g/mol. The van der Waals surface area contributed by atoms with Crippen LogP contribution in [0.4, 0.5) is 5.82 Å². The Kier molecular flexibility index (Phi) is 1.81. The molecule has 2 aromatic rings. The molecule has 0 saturated heterocycles. The summed E-state index contributed by atoms with van der Waals surface area (Å²) in [6, 6.07) is 8.02. The van der Waals surface area contributed by atoms with E-state index in [1.807, 2.05) is 35.9 Å². The second-order valence-electron chi connectivity index (χ2n) is 3.06. The molecule has 1 aromatic carbocycles. The SMILES string of the molecule is Cn1c(N)cc2cc(C=S)ccc21. The third-order valence-electron chi connectivity index (χ3n) is 2.24. The van der Waals surface area contributed by atoms with Crippen molar-refractivity contribution in [3.8, 4) is 0 Å². The maximum absolute atomic E-state index is 5.77. The van der Waals surface area contributed by atoms with Crippen LogP contribution >= 0.6 is 12.2 Å². The predicted molar refractivity (Wildman–Crippen MR) is 60.1 cm³/mol. The molecule has 0 bridgehead atoms. The number of aryl methyl sites for hydroxylation is 1. The van der Waals surface area contributed by atoms with Gasteiger partial charge in [-0.15, -0.1) is 0 Å². The van der Waals surface area contributed by atoms with Crippen LogP contribution in [-0.4, -0.2) is 9.93 Å². The van der Waals surface area contributed by atoms with Gasteiger partial charge in [-0.25, -0.2) is 0 Å². The fourth-order valence-electron chi connectivity index (χ4n) is 1.46. The van der Waals surface area contributed by atoms with E-state index in [-0.39, 0.29) is 0 Å². The molecule has 0 aliphatic carbocycles. The number of benzene rings is 1. The van der Waals surface area contributed by atoms with Gasteiger partial charge in [-0.1, -0.05) is 18.3 Å². The number of hydrogen-bond acceptors (Lipinski definition) is 2. The molecule has 13 heavy (non-hydrogen) atoms. The highest BCUT2D eigenvalue weighted by atomic mass is 32.1. The van der Waals surface area contributed by atoms with Gasteiger partial charge in [0.15, 0.2) is 0 Å². The second-order valence-corrected chi connectivity index (χ2v) is 3.30. The standard InChI is InChI=1S/C10H10N2S/c1-12-9-3-2-7(6-13)4-8(9)5-10(12)11/h2-6H,11H2,1H3. The smallest absolute Gasteiger partial charge is 0.104 e. The van der Waals surface area contributed by atoms with Gasteiger partial charge in [-0.3, -0.25) is 0 Å². The summed E-state index contributed by atoms with van der Waals surface area (Å²) in [6.07, 6.45) is 0. The average molecular weight is 190 g/mol. The number of thiocarbonyl (C=S) groups is 1. The summed E-state index contributed by atoms with van der Waals surface area (Å²) >= 11 is 4.86. The number of fused-ring (bicyclic) bond motifs is 1. The Morgan fingerprint density at radius 2 is 2.15 bits per heavy atom. The van der Waals surface area contributed by atoms with Crippen molar-refractivity contribution in [2.75, 3.05) is 5.73 Å². The van der Waals surface area contributed by atoms with Gasteiger partial charge in [-0.05, 0) is 23.8 Å². The molecule has 0 aliphatic rings. The van der Waals surface area contributed by atoms with Crippen LogP contribution in [-0.2, 0) is 7.05 Å². The average Bonchev–Trinajstić information content (AvgIpc) is 2.42. The predicted octanol–water partition coefficient (Wildman–Crippen LogP) is 2.11. The Hall–Kier alpha value is -1.35. The molecule has 0 unspecified atom stereocenters. The number of hydrogen-bond donors (Lipinski definition) is 1. The van der Waals surface area contributed by atoms with Gasteiger partial charge in [0.2, 0.25) is 0 Å². The molecule has 0 spiro atoms. The molecular formula is C10H10N2S. The van der Waals surface area contributed by atoms with Crippen LogP contribution in [0, 0.1) is 0 Å². The Labute approximate surface area is 82.0 Å². The van der Waals surface area contributed by atoms with Gasteiger partial charge >= 0.3 is 0 Å². The quantitative estimate of drug-likeness (QED) is 0.698. The van der Waals surface area contributed by atoms with E-state index in [1.54, 1.807) is 5.37 Å². The molecule has 1 aromatic heterocycles. The third-order valence-corrected chi connectivity index (χ3v) is 2.51. The van der Waals surface area contributed by atoms with Crippen LogP contribution < -0.4 is 5.73 Å². The highest BCUT2D eigenvalue weighted by Crippen LogP contribution is 2.20. The van der Waals surface area contributed by atoms with E-state index in [0.29, 0.717) is 0 Å². The highest BCUT2D eigenvalue weighted by Gasteiger charge is 2.01. The molecule has 0 atom stereocenters. The van der Waals surface area contributed by atoms with Gasteiger partial charge < -0.3 is 10.3 Å². The van der Waals surface area contributed by atoms with Gasteiger partial charge in [0.25, 0.3) is 0 Å². The molecule has 2 rings (SSSR count). The fraction of sp³-hybridized carbons (Fsp3) is 0.100. The molecule has 1 heterocycles. The van der Waals surface area contributed by atoms with Crippen molar-refractivity contribution in [1.82, 2.24) is 4.57 Å². The monoisotopic (exact) mass is 190 g/mol. The zero-order valence-electron chi connectivity index (χ0n) is 7.32. The number of nitrogens with zero attached hydrogens (tertiary/aromatic N) is 1. The first kappa shape index (κ1) is 8.26. The molecule has 66 valence electrons. The van der Waals surface area contributed by atoms with Crippen molar-refractivity contribution in [1.29, 1.82) is 0 Å². The molecule has 2 N–H and O–H groups in total.